The van der Waals surface area contributed by atoms with Crippen molar-refractivity contribution in [2.75, 3.05) is 23.4 Å². The zero-order valence-electron chi connectivity index (χ0n) is 23.7. The Morgan fingerprint density at radius 2 is 2.09 bits per heavy atom. The van der Waals surface area contributed by atoms with E-state index in [2.05, 4.69) is 41.4 Å². The molecule has 2 aliphatic heterocycles. The van der Waals surface area contributed by atoms with Crippen LogP contribution in [0.15, 0.2) is 39.0 Å². The number of thiazole rings is 1. The van der Waals surface area contributed by atoms with Gasteiger partial charge in [-0.15, -0.1) is 49.7 Å². The summed E-state index contributed by atoms with van der Waals surface area (Å²) < 4.78 is 6.41. The van der Waals surface area contributed by atoms with E-state index in [9.17, 15) is 29.1 Å². The standard InChI is InChI=1S/C24H24N10O8S3/c1-24(2,3)42-15(36)6-41-30-16(12-9-45-23(26-12)25-10-35)19(37)27-17-20(38)33-18(22(39)40)11(8-44-21(17)33)7-43-14-5-4-13-28-31-32-34(13)29-14/h4-5,9-10,17,21H,6-8H2,1-3H3,(H,27,37)(H,39,40)(H,25,26,35)/b30-16-/t17?,21-/m1/s1. The summed E-state index contributed by atoms with van der Waals surface area (Å²) in [7, 11) is 0. The quantitative estimate of drug-likeness (QED) is 0.0578. The van der Waals surface area contributed by atoms with Gasteiger partial charge in [0, 0.05) is 16.9 Å². The highest BCUT2D eigenvalue weighted by molar-refractivity contribution is 8.01. The fourth-order valence-electron chi connectivity index (χ4n) is 4.10. The van der Waals surface area contributed by atoms with Crippen molar-refractivity contribution in [2.45, 2.75) is 42.8 Å². The third-order valence-corrected chi connectivity index (χ3v) is 9.00. The molecule has 0 bridgehead atoms. The predicted octanol–water partition coefficient (Wildman–Crippen LogP) is 0.137. The van der Waals surface area contributed by atoms with Crippen LogP contribution in [-0.2, 0) is 33.5 Å². The Morgan fingerprint density at radius 3 is 2.82 bits per heavy atom. The number of oxime groups is 1. The summed E-state index contributed by atoms with van der Waals surface area (Å²) in [4.78, 5) is 72.1. The first-order valence-corrected chi connectivity index (χ1v) is 15.8. The van der Waals surface area contributed by atoms with Crippen molar-refractivity contribution in [1.29, 1.82) is 0 Å². The highest BCUT2D eigenvalue weighted by Crippen LogP contribution is 2.41. The third kappa shape index (κ3) is 7.20. The topological polar surface area (TPSA) is 233 Å². The van der Waals surface area contributed by atoms with Gasteiger partial charge in [-0.25, -0.2) is 14.6 Å². The monoisotopic (exact) mass is 676 g/mol. The van der Waals surface area contributed by atoms with Gasteiger partial charge >= 0.3 is 11.9 Å². The molecular formula is C24H24N10O8S3. The molecule has 3 aromatic rings. The first kappa shape index (κ1) is 31.8. The number of aromatic nitrogens is 6. The molecule has 1 fully saturated rings. The number of thioether (sulfide) groups is 2. The summed E-state index contributed by atoms with van der Waals surface area (Å²) in [5, 5.41) is 35.5. The minimum absolute atomic E-state index is 0.00451. The molecule has 5 heterocycles. The van der Waals surface area contributed by atoms with Gasteiger partial charge < -0.3 is 25.3 Å². The first-order chi connectivity index (χ1) is 21.4. The second-order valence-corrected chi connectivity index (χ2v) is 13.2. The van der Waals surface area contributed by atoms with E-state index in [1.807, 2.05) is 0 Å². The van der Waals surface area contributed by atoms with E-state index in [4.69, 9.17) is 9.57 Å². The van der Waals surface area contributed by atoms with E-state index < -0.39 is 47.4 Å². The summed E-state index contributed by atoms with van der Waals surface area (Å²) in [5.41, 5.74) is -0.352. The predicted molar refractivity (Wildman–Crippen MR) is 159 cm³/mol. The van der Waals surface area contributed by atoms with Crippen LogP contribution in [0.4, 0.5) is 5.13 Å². The number of carbonyl (C=O) groups is 5. The van der Waals surface area contributed by atoms with Gasteiger partial charge in [-0.1, -0.05) is 5.16 Å². The normalized spacial score (nSPS) is 18.2. The van der Waals surface area contributed by atoms with E-state index in [1.165, 1.54) is 33.5 Å². The number of carboxylic acids is 1. The Labute approximate surface area is 266 Å². The Balaban J connectivity index is 1.29. The Kier molecular flexibility index (Phi) is 9.29. The first-order valence-electron chi connectivity index (χ1n) is 12.9. The minimum Gasteiger partial charge on any atom is -0.477 e. The molecule has 21 heteroatoms. The summed E-state index contributed by atoms with van der Waals surface area (Å²) >= 11 is 3.55. The number of carbonyl (C=O) groups excluding carboxylic acids is 4. The Bertz CT molecular complexity index is 1730. The number of β-lactam (4-membered cyclic amide) rings is 1. The van der Waals surface area contributed by atoms with Crippen molar-refractivity contribution in [3.8, 4) is 0 Å². The number of tetrazole rings is 1. The van der Waals surface area contributed by atoms with Crippen molar-refractivity contribution < 1.29 is 38.7 Å². The smallest absolute Gasteiger partial charge is 0.352 e. The van der Waals surface area contributed by atoms with Crippen LogP contribution >= 0.6 is 34.9 Å². The molecule has 3 aromatic heterocycles. The largest absolute Gasteiger partial charge is 0.477 e. The molecule has 2 aliphatic rings. The van der Waals surface area contributed by atoms with Crippen molar-refractivity contribution in [1.82, 2.24) is 40.5 Å². The van der Waals surface area contributed by atoms with Gasteiger partial charge in [0.1, 0.15) is 33.4 Å². The van der Waals surface area contributed by atoms with E-state index in [1.54, 1.807) is 32.9 Å². The third-order valence-electron chi connectivity index (χ3n) is 5.88. The van der Waals surface area contributed by atoms with E-state index in [0.717, 1.165) is 16.2 Å². The lowest BCUT2D eigenvalue weighted by Gasteiger charge is -2.49. The van der Waals surface area contributed by atoms with Gasteiger partial charge in [-0.2, -0.15) is 0 Å². The van der Waals surface area contributed by atoms with Crippen LogP contribution < -0.4 is 10.6 Å². The van der Waals surface area contributed by atoms with Gasteiger partial charge in [0.25, 0.3) is 11.8 Å². The molecule has 1 saturated heterocycles. The molecule has 236 valence electrons. The molecule has 0 radical (unpaired) electrons. The van der Waals surface area contributed by atoms with Gasteiger partial charge in [0.15, 0.2) is 16.5 Å². The second kappa shape index (κ2) is 13.2. The molecule has 18 nitrogen and oxygen atoms in total. The van der Waals surface area contributed by atoms with Crippen LogP contribution in [0.5, 0.6) is 0 Å². The number of rotatable bonds is 12. The number of anilines is 1. The number of amides is 3. The number of nitrogens with one attached hydrogen (secondary N) is 2. The lowest BCUT2D eigenvalue weighted by Crippen LogP contribution is -2.71. The molecule has 45 heavy (non-hydrogen) atoms. The maximum absolute atomic E-state index is 13.4. The average molecular weight is 677 g/mol. The van der Waals surface area contributed by atoms with Crippen LogP contribution in [0.3, 0.4) is 0 Å². The Morgan fingerprint density at radius 1 is 1.29 bits per heavy atom. The molecule has 0 aliphatic carbocycles. The van der Waals surface area contributed by atoms with Crippen molar-refractivity contribution in [2.24, 2.45) is 5.16 Å². The summed E-state index contributed by atoms with van der Waals surface area (Å²) in [6, 6.07) is 2.29. The zero-order valence-corrected chi connectivity index (χ0v) is 26.1. The maximum atomic E-state index is 13.4. The van der Waals surface area contributed by atoms with Crippen LogP contribution in [-0.4, -0.2) is 111 Å². The Hall–Kier alpha value is -4.63. The van der Waals surface area contributed by atoms with Gasteiger partial charge in [-0.05, 0) is 48.9 Å². The van der Waals surface area contributed by atoms with Crippen molar-refractivity contribution in [3.05, 3.63) is 34.5 Å². The lowest BCUT2D eigenvalue weighted by molar-refractivity contribution is -0.160. The van der Waals surface area contributed by atoms with Crippen LogP contribution in [0.2, 0.25) is 0 Å². The van der Waals surface area contributed by atoms with E-state index in [0.29, 0.717) is 22.7 Å². The number of hydrogen-bond donors (Lipinski definition) is 3. The van der Waals surface area contributed by atoms with Crippen LogP contribution in [0.25, 0.3) is 5.65 Å². The van der Waals surface area contributed by atoms with Crippen LogP contribution in [0.1, 0.15) is 26.5 Å². The maximum Gasteiger partial charge on any atom is 0.352 e. The number of ether oxygens (including phenoxy) is 1. The average Bonchev–Trinajstić information content (AvgIpc) is 3.65. The number of carboxylic acid groups (broad SMARTS) is 1. The minimum atomic E-state index is -1.28. The summed E-state index contributed by atoms with van der Waals surface area (Å²) in [6.07, 6.45) is 0.407. The fourth-order valence-corrected chi connectivity index (χ4v) is 7.09. The second-order valence-electron chi connectivity index (χ2n) is 10.2. The van der Waals surface area contributed by atoms with Crippen molar-refractivity contribution in [3.63, 3.8) is 0 Å². The number of aliphatic carboxylic acids is 1. The molecule has 0 spiro atoms. The van der Waals surface area contributed by atoms with Crippen LogP contribution in [0, 0.1) is 0 Å². The van der Waals surface area contributed by atoms with E-state index in [-0.39, 0.29) is 33.7 Å². The summed E-state index contributed by atoms with van der Waals surface area (Å²) in [5.74, 6) is -3.01. The number of esters is 1. The van der Waals surface area contributed by atoms with Gasteiger partial charge in [0.05, 0.1) is 0 Å². The SMILES string of the molecule is CC(C)(C)OC(=O)CO/N=C(\C(=O)NC1C(=O)N2C(C(=O)O)=C(CSc3ccc4nnnn4n3)CS[C@H]12)c1csc(NC=O)n1. The zero-order chi connectivity index (χ0) is 32.3. The fraction of sp³-hybridized carbons (Fsp3) is 0.375. The number of nitrogens with zero attached hydrogens (tertiary/aromatic N) is 8. The molecular weight excluding hydrogens is 653 g/mol. The number of hydrogen-bond acceptors (Lipinski definition) is 16. The van der Waals surface area contributed by atoms with Gasteiger partial charge in [0.2, 0.25) is 13.0 Å². The molecule has 5 rings (SSSR count). The van der Waals surface area contributed by atoms with Crippen molar-refractivity contribution >= 4 is 81.5 Å². The molecule has 0 saturated carbocycles. The summed E-state index contributed by atoms with van der Waals surface area (Å²) in [6.45, 7) is 4.41. The highest BCUT2D eigenvalue weighted by Gasteiger charge is 2.54. The lowest BCUT2D eigenvalue weighted by atomic mass is 10.0. The molecule has 0 aromatic carbocycles. The molecule has 3 amide bonds. The molecule has 2 atom stereocenters. The molecule has 3 N–H and O–H groups in total. The number of fused-ring (bicyclic) bond motifs is 2. The highest BCUT2D eigenvalue weighted by atomic mass is 32.2. The van der Waals surface area contributed by atoms with E-state index >= 15 is 0 Å². The molecule has 1 unspecified atom stereocenters. The van der Waals surface area contributed by atoms with Gasteiger partial charge in [-0.3, -0.25) is 19.3 Å².